The van der Waals surface area contributed by atoms with Gasteiger partial charge in [0.05, 0.1) is 30.4 Å². The molecule has 1 heterocycles. The maximum Gasteiger partial charge on any atom is 0.307 e. The number of carbonyl (C=O) groups excluding carboxylic acids is 2. The highest BCUT2D eigenvalue weighted by molar-refractivity contribution is 7.18. The summed E-state index contributed by atoms with van der Waals surface area (Å²) in [6, 6.07) is 12.0. The molecular formula is C31H43N3O5S. The maximum atomic E-state index is 11.9. The van der Waals surface area contributed by atoms with Crippen LogP contribution in [0.4, 0.5) is 0 Å². The van der Waals surface area contributed by atoms with Crippen molar-refractivity contribution in [1.82, 2.24) is 15.2 Å². The van der Waals surface area contributed by atoms with Gasteiger partial charge in [0, 0.05) is 30.6 Å². The summed E-state index contributed by atoms with van der Waals surface area (Å²) in [7, 11) is 7.71. The molecule has 0 saturated carbocycles. The maximum absolute atomic E-state index is 11.9. The van der Waals surface area contributed by atoms with E-state index in [2.05, 4.69) is 29.3 Å². The zero-order chi connectivity index (χ0) is 29.3. The number of nitrogens with one attached hydrogen (secondary N) is 1. The number of methoxy groups -OCH3 is 1. The number of thiazole rings is 1. The molecular weight excluding hydrogens is 526 g/mol. The second-order valence-electron chi connectivity index (χ2n) is 11.5. The van der Waals surface area contributed by atoms with Crippen molar-refractivity contribution in [3.8, 4) is 11.5 Å². The van der Waals surface area contributed by atoms with Gasteiger partial charge in [-0.2, -0.15) is 0 Å². The van der Waals surface area contributed by atoms with Crippen LogP contribution in [0.2, 0.25) is 0 Å². The normalized spacial score (nSPS) is 13.9. The van der Waals surface area contributed by atoms with E-state index in [-0.39, 0.29) is 12.4 Å². The van der Waals surface area contributed by atoms with Crippen LogP contribution in [0.3, 0.4) is 0 Å². The number of aldehydes is 1. The van der Waals surface area contributed by atoms with Gasteiger partial charge in [-0.1, -0.05) is 24.3 Å². The number of hydrogen-bond acceptors (Lipinski definition) is 9. The summed E-state index contributed by atoms with van der Waals surface area (Å²) in [5, 5.41) is 4.19. The summed E-state index contributed by atoms with van der Waals surface area (Å²) in [5.41, 5.74) is 2.17. The first-order chi connectivity index (χ1) is 19.0. The molecule has 3 aromatic rings. The van der Waals surface area contributed by atoms with Crippen molar-refractivity contribution in [1.29, 1.82) is 0 Å². The van der Waals surface area contributed by atoms with Gasteiger partial charge in [-0.15, -0.1) is 11.3 Å². The first kappa shape index (κ1) is 31.5. The molecule has 0 atom stereocenters. The molecule has 2 aromatic carbocycles. The van der Waals surface area contributed by atoms with Crippen molar-refractivity contribution in [3.63, 3.8) is 0 Å². The fraction of sp³-hybridized carbons (Fsp3) is 0.516. The van der Waals surface area contributed by atoms with Crippen LogP contribution in [-0.2, 0) is 33.7 Å². The van der Waals surface area contributed by atoms with Gasteiger partial charge in [-0.25, -0.2) is 4.98 Å². The molecule has 218 valence electrons. The van der Waals surface area contributed by atoms with Gasteiger partial charge in [-0.3, -0.25) is 4.79 Å². The summed E-state index contributed by atoms with van der Waals surface area (Å²) >= 11 is 1.68. The Morgan fingerprint density at radius 1 is 1.15 bits per heavy atom. The van der Waals surface area contributed by atoms with Crippen molar-refractivity contribution in [2.24, 2.45) is 5.41 Å². The fourth-order valence-electron chi connectivity index (χ4n) is 4.68. The zero-order valence-corrected chi connectivity index (χ0v) is 25.7. The Labute approximate surface area is 242 Å². The quantitative estimate of drug-likeness (QED) is 0.195. The van der Waals surface area contributed by atoms with Crippen LogP contribution in [0, 0.1) is 5.41 Å². The number of benzene rings is 2. The van der Waals surface area contributed by atoms with Crippen LogP contribution in [0.5, 0.6) is 11.5 Å². The topological polar surface area (TPSA) is 90.0 Å². The Morgan fingerprint density at radius 2 is 1.82 bits per heavy atom. The summed E-state index contributed by atoms with van der Waals surface area (Å²) in [5.74, 6) is 1.24. The minimum atomic E-state index is -0.619. The van der Waals surface area contributed by atoms with Crippen molar-refractivity contribution >= 4 is 33.8 Å². The Morgan fingerprint density at radius 3 is 2.38 bits per heavy atom. The van der Waals surface area contributed by atoms with E-state index in [9.17, 15) is 9.59 Å². The van der Waals surface area contributed by atoms with E-state index in [0.29, 0.717) is 19.4 Å². The number of fused-ring (bicyclic) bond motifs is 2. The van der Waals surface area contributed by atoms with Crippen molar-refractivity contribution < 1.29 is 23.8 Å². The second-order valence-corrected chi connectivity index (χ2v) is 12.6. The Balaban J connectivity index is 0.000000222. The van der Waals surface area contributed by atoms with Crippen LogP contribution in [0.15, 0.2) is 36.4 Å². The van der Waals surface area contributed by atoms with Crippen LogP contribution >= 0.6 is 11.3 Å². The van der Waals surface area contributed by atoms with Gasteiger partial charge in [0.1, 0.15) is 16.9 Å². The summed E-state index contributed by atoms with van der Waals surface area (Å²) in [6.07, 6.45) is 3.33. The molecule has 0 bridgehead atoms. The van der Waals surface area contributed by atoms with Crippen LogP contribution in [0.25, 0.3) is 10.2 Å². The van der Waals surface area contributed by atoms with Gasteiger partial charge < -0.3 is 29.2 Å². The number of nitrogens with zero attached hydrogens (tertiary/aromatic N) is 2. The zero-order valence-electron chi connectivity index (χ0n) is 24.8. The van der Waals surface area contributed by atoms with Gasteiger partial charge in [0.25, 0.3) is 0 Å². The molecule has 1 N–H and O–H groups in total. The number of hydrogen-bond donors (Lipinski definition) is 1. The molecule has 0 fully saturated rings. The lowest BCUT2D eigenvalue weighted by Crippen LogP contribution is -2.32. The van der Waals surface area contributed by atoms with Crippen LogP contribution in [0.1, 0.15) is 49.7 Å². The number of esters is 1. The molecule has 0 spiro atoms. The molecule has 1 aromatic heterocycles. The van der Waals surface area contributed by atoms with E-state index in [1.54, 1.807) is 18.4 Å². The van der Waals surface area contributed by atoms with Crippen molar-refractivity contribution in [3.05, 3.63) is 52.5 Å². The van der Waals surface area contributed by atoms with E-state index in [1.807, 2.05) is 64.2 Å². The molecule has 0 saturated heterocycles. The molecule has 0 radical (unpaired) electrons. The van der Waals surface area contributed by atoms with Crippen molar-refractivity contribution in [2.45, 2.75) is 58.6 Å². The number of ether oxygens (including phenoxy) is 3. The predicted octanol–water partition coefficient (Wildman–Crippen LogP) is 5.06. The van der Waals surface area contributed by atoms with E-state index in [0.717, 1.165) is 63.6 Å². The molecule has 40 heavy (non-hydrogen) atoms. The summed E-state index contributed by atoms with van der Waals surface area (Å²) in [6.45, 7) is 7.97. The molecule has 9 heteroatoms. The lowest BCUT2D eigenvalue weighted by Gasteiger charge is -2.25. The average molecular weight is 570 g/mol. The molecule has 1 aliphatic carbocycles. The lowest BCUT2D eigenvalue weighted by atomic mass is 9.83. The third-order valence-corrected chi connectivity index (χ3v) is 7.44. The molecule has 0 amide bonds. The average Bonchev–Trinajstić information content (AvgIpc) is 3.45. The van der Waals surface area contributed by atoms with Gasteiger partial charge >= 0.3 is 5.97 Å². The van der Waals surface area contributed by atoms with Crippen LogP contribution in [-0.4, -0.2) is 69.1 Å². The molecule has 0 aliphatic heterocycles. The van der Waals surface area contributed by atoms with Gasteiger partial charge in [0.15, 0.2) is 11.5 Å². The monoisotopic (exact) mass is 569 g/mol. The van der Waals surface area contributed by atoms with Crippen LogP contribution < -0.4 is 14.8 Å². The Kier molecular flexibility index (Phi) is 11.1. The van der Waals surface area contributed by atoms with E-state index in [4.69, 9.17) is 14.2 Å². The Bertz CT molecular complexity index is 1260. The number of aromatic nitrogens is 1. The highest BCUT2D eigenvalue weighted by Crippen LogP contribution is 2.39. The lowest BCUT2D eigenvalue weighted by molar-refractivity contribution is -0.158. The molecule has 1 aliphatic rings. The minimum Gasteiger partial charge on any atom is -0.493 e. The third-order valence-electron chi connectivity index (χ3n) is 6.42. The number of rotatable bonds is 11. The first-order valence-electron chi connectivity index (χ1n) is 13.6. The van der Waals surface area contributed by atoms with Gasteiger partial charge in [0.2, 0.25) is 0 Å². The van der Waals surface area contributed by atoms with Gasteiger partial charge in [-0.05, 0) is 72.3 Å². The summed E-state index contributed by atoms with van der Waals surface area (Å²) < 4.78 is 17.7. The predicted molar refractivity (Wildman–Crippen MR) is 160 cm³/mol. The van der Waals surface area contributed by atoms with E-state index < -0.39 is 11.0 Å². The first-order valence-corrected chi connectivity index (χ1v) is 14.4. The molecule has 8 nitrogen and oxygen atoms in total. The number of carbonyl (C=O) groups is 2. The summed E-state index contributed by atoms with van der Waals surface area (Å²) in [4.78, 5) is 30.2. The second kappa shape index (κ2) is 14.1. The van der Waals surface area contributed by atoms with E-state index >= 15 is 0 Å². The molecule has 4 rings (SSSR count). The SMILES string of the molecule is CC(C)(C)OC(=O)CC1(C=O)Cc2ccccc2C1.CNCc1nc2cc(OCCCN(C)C)c(OC)cc2s1. The standard InChI is InChI=1S/C16H20O3.C15H23N3O2S/c1-15(2,3)19-14(18)10-16(11-17)8-12-6-4-5-7-13(12)9-16;1-16-10-15-17-11-8-13(20-7-5-6-18(2)3)12(19-4)9-14(11)21-15/h4-7,11H,8-10H2,1-3H3;8-9,16H,5-7,10H2,1-4H3. The molecule has 0 unspecified atom stereocenters. The largest absolute Gasteiger partial charge is 0.493 e. The van der Waals surface area contributed by atoms with E-state index in [1.165, 1.54) is 0 Å². The highest BCUT2D eigenvalue weighted by atomic mass is 32.1. The minimum absolute atomic E-state index is 0.155. The van der Waals surface area contributed by atoms with Crippen molar-refractivity contribution in [2.75, 3.05) is 41.4 Å². The smallest absolute Gasteiger partial charge is 0.307 e. The third kappa shape index (κ3) is 9.01. The fourth-order valence-corrected chi connectivity index (χ4v) is 5.67. The highest BCUT2D eigenvalue weighted by Gasteiger charge is 2.40. The Hall–Kier alpha value is -3.01.